The molecule has 0 bridgehead atoms. The molecule has 0 amide bonds. The van der Waals surface area contributed by atoms with Crippen molar-refractivity contribution in [3.63, 3.8) is 0 Å². The van der Waals surface area contributed by atoms with Gasteiger partial charge in [-0.15, -0.1) is 6.42 Å². The smallest absolute Gasteiger partial charge is 0.192 e. The van der Waals surface area contributed by atoms with Crippen molar-refractivity contribution in [1.29, 1.82) is 0 Å². The second kappa shape index (κ2) is 10.7. The number of anilines is 1. The predicted octanol–water partition coefficient (Wildman–Crippen LogP) is 1.46. The second-order valence-electron chi connectivity index (χ2n) is 4.17. The lowest BCUT2D eigenvalue weighted by Gasteiger charge is -2.08. The summed E-state index contributed by atoms with van der Waals surface area (Å²) in [5, 5.41) is 9.49. The molecule has 5 heteroatoms. The van der Waals surface area contributed by atoms with E-state index >= 15 is 0 Å². The number of nitrogens with zero attached hydrogens (tertiary/aromatic N) is 2. The Balaban J connectivity index is 2.14. The highest BCUT2D eigenvalue weighted by molar-refractivity contribution is 5.79. The molecule has 0 aromatic carbocycles. The topological polar surface area (TPSA) is 61.3 Å². The van der Waals surface area contributed by atoms with E-state index in [9.17, 15) is 0 Å². The van der Waals surface area contributed by atoms with E-state index in [-0.39, 0.29) is 0 Å². The van der Waals surface area contributed by atoms with Gasteiger partial charge in [-0.25, -0.2) is 4.98 Å². The summed E-state index contributed by atoms with van der Waals surface area (Å²) in [5.41, 5.74) is 0. The molecule has 0 radical (unpaired) electrons. The minimum Gasteiger partial charge on any atom is -0.370 e. The van der Waals surface area contributed by atoms with Crippen LogP contribution in [0.2, 0.25) is 0 Å². The van der Waals surface area contributed by atoms with Crippen LogP contribution < -0.4 is 16.0 Å². The third kappa shape index (κ3) is 7.27. The van der Waals surface area contributed by atoms with Crippen LogP contribution in [0.15, 0.2) is 29.4 Å². The van der Waals surface area contributed by atoms with E-state index in [1.165, 1.54) is 0 Å². The van der Waals surface area contributed by atoms with Gasteiger partial charge >= 0.3 is 0 Å². The number of aliphatic imine (C=N–C) groups is 1. The lowest BCUT2D eigenvalue weighted by Crippen LogP contribution is -2.37. The van der Waals surface area contributed by atoms with Crippen molar-refractivity contribution in [3.05, 3.63) is 24.4 Å². The standard InChI is InChI=1S/C15H23N5/c1-3-10-19-15(16-4-2)20-13-8-7-12-18-14-9-5-6-11-17-14/h1,5-6,9,11H,4,7-8,10,12-13H2,2H3,(H,17,18)(H2,16,19,20). The number of aromatic nitrogens is 1. The minimum atomic E-state index is 0.493. The third-order valence-corrected chi connectivity index (χ3v) is 2.53. The molecule has 1 aromatic rings. The average Bonchev–Trinajstić information content (AvgIpc) is 2.49. The largest absolute Gasteiger partial charge is 0.370 e. The van der Waals surface area contributed by atoms with Crippen LogP contribution in [-0.2, 0) is 0 Å². The van der Waals surface area contributed by atoms with Crippen molar-refractivity contribution in [2.24, 2.45) is 4.99 Å². The van der Waals surface area contributed by atoms with Crippen molar-refractivity contribution in [2.75, 3.05) is 31.5 Å². The molecule has 108 valence electrons. The minimum absolute atomic E-state index is 0.493. The van der Waals surface area contributed by atoms with E-state index in [4.69, 9.17) is 6.42 Å². The van der Waals surface area contributed by atoms with E-state index in [1.54, 1.807) is 6.20 Å². The van der Waals surface area contributed by atoms with Gasteiger partial charge in [0.25, 0.3) is 0 Å². The monoisotopic (exact) mass is 273 g/mol. The summed E-state index contributed by atoms with van der Waals surface area (Å²) in [5.74, 6) is 4.23. The molecule has 0 fully saturated rings. The van der Waals surface area contributed by atoms with Crippen molar-refractivity contribution >= 4 is 11.8 Å². The van der Waals surface area contributed by atoms with E-state index in [0.29, 0.717) is 6.54 Å². The Bertz CT molecular complexity index is 422. The lowest BCUT2D eigenvalue weighted by atomic mass is 10.3. The maximum absolute atomic E-state index is 5.21. The number of unbranched alkanes of at least 4 members (excludes halogenated alkanes) is 1. The zero-order valence-corrected chi connectivity index (χ0v) is 12.0. The molecular formula is C15H23N5. The second-order valence-corrected chi connectivity index (χ2v) is 4.17. The molecule has 1 heterocycles. The number of hydrogen-bond acceptors (Lipinski definition) is 3. The molecular weight excluding hydrogens is 250 g/mol. The fourth-order valence-electron chi connectivity index (χ4n) is 1.59. The first-order valence-corrected chi connectivity index (χ1v) is 6.97. The van der Waals surface area contributed by atoms with Gasteiger partial charge in [-0.2, -0.15) is 0 Å². The van der Waals surface area contributed by atoms with Crippen LogP contribution in [0.5, 0.6) is 0 Å². The number of rotatable bonds is 8. The van der Waals surface area contributed by atoms with Gasteiger partial charge in [0.1, 0.15) is 5.82 Å². The Morgan fingerprint density at radius 3 is 2.95 bits per heavy atom. The molecule has 3 N–H and O–H groups in total. The molecule has 20 heavy (non-hydrogen) atoms. The van der Waals surface area contributed by atoms with Gasteiger partial charge < -0.3 is 16.0 Å². The number of terminal acetylenes is 1. The van der Waals surface area contributed by atoms with E-state index in [2.05, 4.69) is 31.8 Å². The third-order valence-electron chi connectivity index (χ3n) is 2.53. The van der Waals surface area contributed by atoms with E-state index in [0.717, 1.165) is 44.3 Å². The van der Waals surface area contributed by atoms with Gasteiger partial charge in [0, 0.05) is 25.8 Å². The summed E-state index contributed by atoms with van der Waals surface area (Å²) in [6.45, 7) is 5.04. The fourth-order valence-corrected chi connectivity index (χ4v) is 1.59. The molecule has 0 aliphatic rings. The molecule has 0 atom stereocenters. The SMILES string of the molecule is C#CCNC(=NCCCCNc1ccccn1)NCC. The highest BCUT2D eigenvalue weighted by Crippen LogP contribution is 2.00. The van der Waals surface area contributed by atoms with Crippen LogP contribution in [0.3, 0.4) is 0 Å². The summed E-state index contributed by atoms with van der Waals surface area (Å²) in [6.07, 6.45) is 9.07. The van der Waals surface area contributed by atoms with Gasteiger partial charge in [-0.1, -0.05) is 12.0 Å². The Morgan fingerprint density at radius 1 is 1.35 bits per heavy atom. The van der Waals surface area contributed by atoms with Gasteiger partial charge in [0.15, 0.2) is 5.96 Å². The van der Waals surface area contributed by atoms with Gasteiger partial charge in [0.2, 0.25) is 0 Å². The van der Waals surface area contributed by atoms with Crippen LogP contribution in [0, 0.1) is 12.3 Å². The molecule has 0 saturated heterocycles. The summed E-state index contributed by atoms with van der Waals surface area (Å²) in [4.78, 5) is 8.66. The summed E-state index contributed by atoms with van der Waals surface area (Å²) < 4.78 is 0. The molecule has 0 aliphatic carbocycles. The van der Waals surface area contributed by atoms with Crippen molar-refractivity contribution < 1.29 is 0 Å². The number of nitrogens with one attached hydrogen (secondary N) is 3. The maximum Gasteiger partial charge on any atom is 0.192 e. The number of hydrogen-bond donors (Lipinski definition) is 3. The first-order chi connectivity index (χ1) is 9.86. The first kappa shape index (κ1) is 15.8. The van der Waals surface area contributed by atoms with Gasteiger partial charge in [-0.05, 0) is 31.9 Å². The van der Waals surface area contributed by atoms with E-state index < -0.39 is 0 Å². The molecule has 0 unspecified atom stereocenters. The molecule has 0 spiro atoms. The van der Waals surface area contributed by atoms with Crippen molar-refractivity contribution in [2.45, 2.75) is 19.8 Å². The molecule has 1 aromatic heterocycles. The Morgan fingerprint density at radius 2 is 2.25 bits per heavy atom. The fraction of sp³-hybridized carbons (Fsp3) is 0.467. The Kier molecular flexibility index (Phi) is 8.46. The average molecular weight is 273 g/mol. The van der Waals surface area contributed by atoms with Gasteiger partial charge in [0.05, 0.1) is 6.54 Å². The predicted molar refractivity (Wildman–Crippen MR) is 84.8 cm³/mol. The molecule has 5 nitrogen and oxygen atoms in total. The summed E-state index contributed by atoms with van der Waals surface area (Å²) in [6, 6.07) is 5.84. The van der Waals surface area contributed by atoms with Crippen LogP contribution in [0.4, 0.5) is 5.82 Å². The van der Waals surface area contributed by atoms with Crippen LogP contribution >= 0.6 is 0 Å². The molecule has 1 rings (SSSR count). The summed E-state index contributed by atoms with van der Waals surface area (Å²) in [7, 11) is 0. The Labute approximate surface area is 121 Å². The highest BCUT2D eigenvalue weighted by atomic mass is 15.2. The number of pyridine rings is 1. The molecule has 0 saturated carbocycles. The Hall–Kier alpha value is -2.22. The van der Waals surface area contributed by atoms with Gasteiger partial charge in [-0.3, -0.25) is 4.99 Å². The highest BCUT2D eigenvalue weighted by Gasteiger charge is 1.95. The quantitative estimate of drug-likeness (QED) is 0.290. The van der Waals surface area contributed by atoms with Crippen LogP contribution in [0.1, 0.15) is 19.8 Å². The zero-order valence-electron chi connectivity index (χ0n) is 12.0. The lowest BCUT2D eigenvalue weighted by molar-refractivity contribution is 0.760. The summed E-state index contributed by atoms with van der Waals surface area (Å²) >= 11 is 0. The zero-order chi connectivity index (χ0) is 14.5. The van der Waals surface area contributed by atoms with E-state index in [1.807, 2.05) is 25.1 Å². The van der Waals surface area contributed by atoms with Crippen molar-refractivity contribution in [1.82, 2.24) is 15.6 Å². The normalized spacial score (nSPS) is 10.7. The van der Waals surface area contributed by atoms with Crippen LogP contribution in [0.25, 0.3) is 0 Å². The maximum atomic E-state index is 5.21. The van der Waals surface area contributed by atoms with Crippen LogP contribution in [-0.4, -0.2) is 37.1 Å². The molecule has 0 aliphatic heterocycles. The van der Waals surface area contributed by atoms with Crippen molar-refractivity contribution in [3.8, 4) is 12.3 Å². The number of guanidine groups is 1. The first-order valence-electron chi connectivity index (χ1n) is 6.97.